The highest BCUT2D eigenvalue weighted by atomic mass is 19.3. The number of rotatable bonds is 10. The molecule has 12 heteroatoms. The van der Waals surface area contributed by atoms with Crippen LogP contribution in [0.4, 0.5) is 27.6 Å². The van der Waals surface area contributed by atoms with Gasteiger partial charge in [0.05, 0.1) is 25.3 Å². The molecule has 2 aliphatic heterocycles. The molecule has 0 amide bonds. The van der Waals surface area contributed by atoms with Gasteiger partial charge < -0.3 is 20.5 Å². The first-order valence-electron chi connectivity index (χ1n) is 12.3. The number of hydrogen-bond donors (Lipinski definition) is 4. The molecule has 0 radical (unpaired) electrons. The summed E-state index contributed by atoms with van der Waals surface area (Å²) in [5, 5.41) is 31.4. The summed E-state index contributed by atoms with van der Waals surface area (Å²) in [7, 11) is -1.76. The van der Waals surface area contributed by atoms with E-state index >= 15 is 8.78 Å². The van der Waals surface area contributed by atoms with E-state index in [-0.39, 0.29) is 23.6 Å². The standard InChI is InChI=1S/C25H31BF5N3O3/c1-15-7-16-8-17(26(36)37)3-4-20(16)24(34(15)13-25(30,31)14-35)23-21(28)9-18(10-22(23)29)32-19-11-33(12-19)6-2-5-27/h3-4,8-10,15,19,24,32,35-37H,2,5-7,11-14H2,1H3. The highest BCUT2D eigenvalue weighted by molar-refractivity contribution is 6.58. The lowest BCUT2D eigenvalue weighted by Gasteiger charge is -2.44. The highest BCUT2D eigenvalue weighted by Gasteiger charge is 2.42. The number of aliphatic hydroxyl groups excluding tert-OH is 1. The number of hydrogen-bond acceptors (Lipinski definition) is 6. The molecule has 2 atom stereocenters. The molecule has 2 aliphatic rings. The number of nitrogens with one attached hydrogen (secondary N) is 1. The minimum absolute atomic E-state index is 0.0530. The quantitative estimate of drug-likeness (QED) is 0.280. The van der Waals surface area contributed by atoms with Crippen molar-refractivity contribution < 1.29 is 37.1 Å². The SMILES string of the molecule is CC1Cc2cc(B(O)O)ccc2C(c2c(F)cc(NC3CN(CCCF)C3)cc2F)N1CC(F)(F)CO. The molecule has 0 aliphatic carbocycles. The van der Waals surface area contributed by atoms with Crippen molar-refractivity contribution in [3.05, 3.63) is 58.7 Å². The monoisotopic (exact) mass is 527 g/mol. The first-order chi connectivity index (χ1) is 17.5. The van der Waals surface area contributed by atoms with Crippen LogP contribution in [0.1, 0.15) is 36.1 Å². The molecule has 1 fully saturated rings. The van der Waals surface area contributed by atoms with Gasteiger partial charge in [0, 0.05) is 36.9 Å². The summed E-state index contributed by atoms with van der Waals surface area (Å²) in [6.07, 6.45) is 0.661. The second kappa shape index (κ2) is 11.2. The van der Waals surface area contributed by atoms with Crippen molar-refractivity contribution in [3.8, 4) is 0 Å². The van der Waals surface area contributed by atoms with Crippen LogP contribution in [0.2, 0.25) is 0 Å². The Kier molecular flexibility index (Phi) is 8.44. The molecule has 4 N–H and O–H groups in total. The molecular formula is C25H31BF5N3O3. The topological polar surface area (TPSA) is 79.2 Å². The lowest BCUT2D eigenvalue weighted by Crippen LogP contribution is -2.54. The summed E-state index contributed by atoms with van der Waals surface area (Å²) < 4.78 is 72.1. The van der Waals surface area contributed by atoms with E-state index in [2.05, 4.69) is 5.32 Å². The number of halogens is 5. The van der Waals surface area contributed by atoms with Crippen LogP contribution in [0.3, 0.4) is 0 Å². The largest absolute Gasteiger partial charge is 0.488 e. The Labute approximate surface area is 212 Å². The zero-order valence-electron chi connectivity index (χ0n) is 20.5. The lowest BCUT2D eigenvalue weighted by molar-refractivity contribution is -0.0867. The molecule has 0 aromatic heterocycles. The van der Waals surface area contributed by atoms with E-state index in [1.54, 1.807) is 6.92 Å². The van der Waals surface area contributed by atoms with Gasteiger partial charge in [-0.15, -0.1) is 0 Å². The average molecular weight is 527 g/mol. The summed E-state index contributed by atoms with van der Waals surface area (Å²) >= 11 is 0. The van der Waals surface area contributed by atoms with E-state index in [1.165, 1.54) is 23.1 Å². The maximum Gasteiger partial charge on any atom is 0.488 e. The van der Waals surface area contributed by atoms with Gasteiger partial charge in [-0.05, 0) is 48.5 Å². The summed E-state index contributed by atoms with van der Waals surface area (Å²) in [5.41, 5.74) is 0.930. The van der Waals surface area contributed by atoms with E-state index in [0.717, 1.165) is 12.1 Å². The number of aliphatic hydroxyl groups is 1. The van der Waals surface area contributed by atoms with E-state index in [0.29, 0.717) is 37.2 Å². The Bertz CT molecular complexity index is 1080. The van der Waals surface area contributed by atoms with Crippen molar-refractivity contribution in [3.63, 3.8) is 0 Å². The van der Waals surface area contributed by atoms with Gasteiger partial charge >= 0.3 is 7.12 Å². The fraction of sp³-hybridized carbons (Fsp3) is 0.520. The second-order valence-corrected chi connectivity index (χ2v) is 9.97. The fourth-order valence-electron chi connectivity index (χ4n) is 5.28. The van der Waals surface area contributed by atoms with Crippen LogP contribution in [0.15, 0.2) is 30.3 Å². The normalized spacial score (nSPS) is 21.0. The third-order valence-corrected chi connectivity index (χ3v) is 7.11. The van der Waals surface area contributed by atoms with E-state index < -0.39 is 62.1 Å². The van der Waals surface area contributed by atoms with Crippen LogP contribution in [0.5, 0.6) is 0 Å². The molecule has 0 bridgehead atoms. The molecule has 4 rings (SSSR count). The van der Waals surface area contributed by atoms with Crippen molar-refractivity contribution in [1.82, 2.24) is 9.80 Å². The molecule has 1 saturated heterocycles. The summed E-state index contributed by atoms with van der Waals surface area (Å²) in [6.45, 7) is 0.737. The zero-order valence-corrected chi connectivity index (χ0v) is 20.5. The van der Waals surface area contributed by atoms with Crippen LogP contribution in [-0.2, 0) is 6.42 Å². The van der Waals surface area contributed by atoms with Crippen LogP contribution in [0.25, 0.3) is 0 Å². The Morgan fingerprint density at radius 1 is 1.11 bits per heavy atom. The summed E-state index contributed by atoms with van der Waals surface area (Å²) in [5.74, 6) is -5.33. The molecular weight excluding hydrogens is 496 g/mol. The minimum atomic E-state index is -3.50. The zero-order chi connectivity index (χ0) is 26.9. The van der Waals surface area contributed by atoms with Crippen LogP contribution < -0.4 is 10.8 Å². The lowest BCUT2D eigenvalue weighted by atomic mass is 9.75. The van der Waals surface area contributed by atoms with E-state index in [4.69, 9.17) is 0 Å². The molecule has 37 heavy (non-hydrogen) atoms. The number of fused-ring (bicyclic) bond motifs is 1. The number of alkyl halides is 3. The second-order valence-electron chi connectivity index (χ2n) is 9.97. The van der Waals surface area contributed by atoms with Gasteiger partial charge in [-0.1, -0.05) is 18.2 Å². The number of nitrogens with zero attached hydrogens (tertiary/aromatic N) is 2. The van der Waals surface area contributed by atoms with Gasteiger partial charge in [-0.2, -0.15) is 0 Å². The molecule has 0 spiro atoms. The Hall–Kier alpha value is -2.25. The Morgan fingerprint density at radius 3 is 2.38 bits per heavy atom. The first kappa shape index (κ1) is 27.8. The van der Waals surface area contributed by atoms with Gasteiger partial charge in [-0.25, -0.2) is 17.6 Å². The number of anilines is 1. The smallest absolute Gasteiger partial charge is 0.423 e. The van der Waals surface area contributed by atoms with Crippen LogP contribution in [-0.4, -0.2) is 89.5 Å². The molecule has 2 aromatic rings. The summed E-state index contributed by atoms with van der Waals surface area (Å²) in [6, 6.07) is 4.75. The molecule has 2 aromatic carbocycles. The first-order valence-corrected chi connectivity index (χ1v) is 12.3. The third kappa shape index (κ3) is 6.09. The number of likely N-dealkylation sites (tertiary alicyclic amines) is 1. The van der Waals surface area contributed by atoms with Gasteiger partial charge in [0.1, 0.15) is 18.2 Å². The van der Waals surface area contributed by atoms with Crippen molar-refractivity contribution in [2.45, 2.75) is 43.8 Å². The molecule has 0 saturated carbocycles. The highest BCUT2D eigenvalue weighted by Crippen LogP contribution is 2.41. The van der Waals surface area contributed by atoms with E-state index in [1.807, 2.05) is 4.90 Å². The summed E-state index contributed by atoms with van der Waals surface area (Å²) in [4.78, 5) is 3.30. The van der Waals surface area contributed by atoms with Gasteiger partial charge in [0.25, 0.3) is 5.92 Å². The third-order valence-electron chi connectivity index (χ3n) is 7.11. The molecule has 202 valence electrons. The predicted octanol–water partition coefficient (Wildman–Crippen LogP) is 2.06. The minimum Gasteiger partial charge on any atom is -0.423 e. The van der Waals surface area contributed by atoms with Crippen LogP contribution >= 0.6 is 0 Å². The average Bonchev–Trinajstić information content (AvgIpc) is 2.81. The van der Waals surface area contributed by atoms with Gasteiger partial charge in [0.2, 0.25) is 0 Å². The molecule has 6 nitrogen and oxygen atoms in total. The Morgan fingerprint density at radius 2 is 1.78 bits per heavy atom. The van der Waals surface area contributed by atoms with Gasteiger partial charge in [0.15, 0.2) is 0 Å². The van der Waals surface area contributed by atoms with Crippen molar-refractivity contribution in [2.75, 3.05) is 44.8 Å². The maximum atomic E-state index is 15.6. The predicted molar refractivity (Wildman–Crippen MR) is 131 cm³/mol. The van der Waals surface area contributed by atoms with Crippen LogP contribution in [0, 0.1) is 11.6 Å². The molecule has 2 unspecified atom stereocenters. The molecule has 2 heterocycles. The van der Waals surface area contributed by atoms with Crippen molar-refractivity contribution >= 4 is 18.3 Å². The fourth-order valence-corrected chi connectivity index (χ4v) is 5.28. The van der Waals surface area contributed by atoms with Crippen molar-refractivity contribution in [1.29, 1.82) is 0 Å². The van der Waals surface area contributed by atoms with Crippen molar-refractivity contribution in [2.24, 2.45) is 0 Å². The van der Waals surface area contributed by atoms with Gasteiger partial charge in [-0.3, -0.25) is 14.2 Å². The number of benzene rings is 2. The Balaban J connectivity index is 1.67. The maximum absolute atomic E-state index is 15.6. The van der Waals surface area contributed by atoms with E-state index in [9.17, 15) is 28.3 Å².